The number of rotatable bonds is 2. The SMILES string of the molecule is CC(N)C1CCCCN1C(=O)c1ccc(I)c(O)c1. The number of amides is 1. The van der Waals surface area contributed by atoms with E-state index in [2.05, 4.69) is 0 Å². The fourth-order valence-corrected chi connectivity index (χ4v) is 2.90. The number of hydrogen-bond donors (Lipinski definition) is 2. The number of phenolic OH excluding ortho intramolecular Hbond substituents is 1. The van der Waals surface area contributed by atoms with E-state index in [1.54, 1.807) is 12.1 Å². The summed E-state index contributed by atoms with van der Waals surface area (Å²) in [6.07, 6.45) is 3.10. The number of likely N-dealkylation sites (tertiary alicyclic amines) is 1. The Morgan fingerprint density at radius 2 is 2.26 bits per heavy atom. The van der Waals surface area contributed by atoms with Crippen LogP contribution in [0, 0.1) is 3.57 Å². The minimum absolute atomic E-state index is 0.0262. The quantitative estimate of drug-likeness (QED) is 0.781. The van der Waals surface area contributed by atoms with E-state index < -0.39 is 0 Å². The summed E-state index contributed by atoms with van der Waals surface area (Å²) in [7, 11) is 0. The van der Waals surface area contributed by atoms with Gasteiger partial charge in [-0.05, 0) is 67.0 Å². The summed E-state index contributed by atoms with van der Waals surface area (Å²) in [6.45, 7) is 2.69. The van der Waals surface area contributed by atoms with E-state index in [-0.39, 0.29) is 23.7 Å². The lowest BCUT2D eigenvalue weighted by Crippen LogP contribution is -2.51. The predicted molar refractivity (Wildman–Crippen MR) is 83.1 cm³/mol. The maximum Gasteiger partial charge on any atom is 0.254 e. The van der Waals surface area contributed by atoms with Crippen LogP contribution in [0.1, 0.15) is 36.5 Å². The minimum atomic E-state index is -0.0336. The number of benzene rings is 1. The van der Waals surface area contributed by atoms with Crippen LogP contribution < -0.4 is 5.73 Å². The molecule has 1 aliphatic rings. The Labute approximate surface area is 127 Å². The molecule has 0 bridgehead atoms. The number of nitrogens with two attached hydrogens (primary N) is 1. The first-order chi connectivity index (χ1) is 9.00. The Hall–Kier alpha value is -0.820. The van der Waals surface area contributed by atoms with E-state index in [4.69, 9.17) is 5.73 Å². The van der Waals surface area contributed by atoms with Gasteiger partial charge in [0.2, 0.25) is 0 Å². The normalized spacial score (nSPS) is 21.2. The van der Waals surface area contributed by atoms with Gasteiger partial charge in [-0.1, -0.05) is 0 Å². The second kappa shape index (κ2) is 6.09. The second-order valence-corrected chi connectivity index (χ2v) is 6.25. The molecule has 1 amide bonds. The topological polar surface area (TPSA) is 66.6 Å². The molecule has 2 unspecified atom stereocenters. The van der Waals surface area contributed by atoms with Crippen molar-refractivity contribution in [3.63, 3.8) is 0 Å². The van der Waals surface area contributed by atoms with Gasteiger partial charge in [0, 0.05) is 24.2 Å². The molecule has 1 heterocycles. The molecule has 19 heavy (non-hydrogen) atoms. The standard InChI is InChI=1S/C14H19IN2O2/c1-9(16)12-4-2-3-7-17(12)14(19)10-5-6-11(15)13(18)8-10/h5-6,8-9,12,18H,2-4,7,16H2,1H3. The highest BCUT2D eigenvalue weighted by atomic mass is 127. The van der Waals surface area contributed by atoms with Crippen molar-refractivity contribution in [3.05, 3.63) is 27.3 Å². The van der Waals surface area contributed by atoms with Crippen LogP contribution in [0.4, 0.5) is 0 Å². The first-order valence-electron chi connectivity index (χ1n) is 6.56. The van der Waals surface area contributed by atoms with E-state index in [0.29, 0.717) is 5.56 Å². The zero-order chi connectivity index (χ0) is 14.0. The van der Waals surface area contributed by atoms with Crippen molar-refractivity contribution in [3.8, 4) is 5.75 Å². The molecule has 0 aliphatic carbocycles. The van der Waals surface area contributed by atoms with E-state index in [0.717, 1.165) is 29.4 Å². The van der Waals surface area contributed by atoms with Gasteiger partial charge in [0.15, 0.2) is 0 Å². The predicted octanol–water partition coefficient (Wildman–Crippen LogP) is 2.34. The van der Waals surface area contributed by atoms with Gasteiger partial charge in [0.1, 0.15) is 5.75 Å². The largest absolute Gasteiger partial charge is 0.507 e. The molecule has 2 atom stereocenters. The number of aromatic hydroxyl groups is 1. The number of halogens is 1. The highest BCUT2D eigenvalue weighted by Gasteiger charge is 2.29. The van der Waals surface area contributed by atoms with Gasteiger partial charge in [0.05, 0.1) is 3.57 Å². The molecule has 0 spiro atoms. The molecule has 1 aromatic carbocycles. The van der Waals surface area contributed by atoms with Crippen LogP contribution >= 0.6 is 22.6 Å². The van der Waals surface area contributed by atoms with Crippen molar-refractivity contribution in [1.29, 1.82) is 0 Å². The Morgan fingerprint density at radius 1 is 1.53 bits per heavy atom. The Bertz CT molecular complexity index is 477. The van der Waals surface area contributed by atoms with Crippen LogP contribution in [0.25, 0.3) is 0 Å². The lowest BCUT2D eigenvalue weighted by atomic mass is 9.96. The maximum atomic E-state index is 12.5. The van der Waals surface area contributed by atoms with Gasteiger partial charge >= 0.3 is 0 Å². The highest BCUT2D eigenvalue weighted by molar-refractivity contribution is 14.1. The molecule has 0 radical (unpaired) electrons. The third-order valence-corrected chi connectivity index (χ3v) is 4.52. The molecule has 0 saturated carbocycles. The van der Waals surface area contributed by atoms with Crippen molar-refractivity contribution in [2.45, 2.75) is 38.3 Å². The molecule has 1 fully saturated rings. The zero-order valence-electron chi connectivity index (χ0n) is 11.0. The van der Waals surface area contributed by atoms with Gasteiger partial charge in [-0.25, -0.2) is 0 Å². The van der Waals surface area contributed by atoms with Crippen molar-refractivity contribution in [2.24, 2.45) is 5.73 Å². The molecule has 0 aromatic heterocycles. The van der Waals surface area contributed by atoms with Crippen LogP contribution in [0.5, 0.6) is 5.75 Å². The first kappa shape index (κ1) is 14.6. The Kier molecular flexibility index (Phi) is 4.67. The molecule has 1 aromatic rings. The van der Waals surface area contributed by atoms with E-state index in [1.807, 2.05) is 34.4 Å². The summed E-state index contributed by atoms with van der Waals surface area (Å²) in [4.78, 5) is 14.4. The number of hydrogen-bond acceptors (Lipinski definition) is 3. The van der Waals surface area contributed by atoms with Crippen LogP contribution in [-0.2, 0) is 0 Å². The number of nitrogens with zero attached hydrogens (tertiary/aromatic N) is 1. The average Bonchev–Trinajstić information content (AvgIpc) is 2.41. The summed E-state index contributed by atoms with van der Waals surface area (Å²) >= 11 is 2.04. The molecular formula is C14H19IN2O2. The van der Waals surface area contributed by atoms with Crippen LogP contribution in [-0.4, -0.2) is 34.5 Å². The third kappa shape index (κ3) is 3.20. The van der Waals surface area contributed by atoms with Crippen LogP contribution in [0.15, 0.2) is 18.2 Å². The third-order valence-electron chi connectivity index (χ3n) is 3.61. The van der Waals surface area contributed by atoms with E-state index >= 15 is 0 Å². The zero-order valence-corrected chi connectivity index (χ0v) is 13.1. The molecule has 1 saturated heterocycles. The molecule has 104 valence electrons. The van der Waals surface area contributed by atoms with Crippen molar-refractivity contribution >= 4 is 28.5 Å². The highest BCUT2D eigenvalue weighted by Crippen LogP contribution is 2.25. The summed E-state index contributed by atoms with van der Waals surface area (Å²) < 4.78 is 0.747. The summed E-state index contributed by atoms with van der Waals surface area (Å²) in [6, 6.07) is 5.13. The van der Waals surface area contributed by atoms with Crippen molar-refractivity contribution < 1.29 is 9.90 Å². The van der Waals surface area contributed by atoms with Gasteiger partial charge in [0.25, 0.3) is 5.91 Å². The Morgan fingerprint density at radius 3 is 2.89 bits per heavy atom. The van der Waals surface area contributed by atoms with Crippen molar-refractivity contribution in [1.82, 2.24) is 4.90 Å². The monoisotopic (exact) mass is 374 g/mol. The molecule has 1 aliphatic heterocycles. The van der Waals surface area contributed by atoms with E-state index in [1.165, 1.54) is 6.07 Å². The minimum Gasteiger partial charge on any atom is -0.507 e. The molecule has 5 heteroatoms. The van der Waals surface area contributed by atoms with Crippen LogP contribution in [0.3, 0.4) is 0 Å². The fourth-order valence-electron chi connectivity index (χ4n) is 2.57. The smallest absolute Gasteiger partial charge is 0.254 e. The summed E-state index contributed by atoms with van der Waals surface area (Å²) in [5, 5.41) is 9.72. The molecule has 3 N–H and O–H groups in total. The van der Waals surface area contributed by atoms with Crippen molar-refractivity contribution in [2.75, 3.05) is 6.54 Å². The van der Waals surface area contributed by atoms with E-state index in [9.17, 15) is 9.90 Å². The number of piperidine rings is 1. The second-order valence-electron chi connectivity index (χ2n) is 5.09. The van der Waals surface area contributed by atoms with Gasteiger partial charge < -0.3 is 15.7 Å². The molecule has 4 nitrogen and oxygen atoms in total. The fraction of sp³-hybridized carbons (Fsp3) is 0.500. The van der Waals surface area contributed by atoms with Gasteiger partial charge in [-0.3, -0.25) is 4.79 Å². The summed E-state index contributed by atoms with van der Waals surface area (Å²) in [5.41, 5.74) is 6.52. The first-order valence-corrected chi connectivity index (χ1v) is 7.63. The Balaban J connectivity index is 2.23. The number of carbonyl (C=O) groups excluding carboxylic acids is 1. The summed E-state index contributed by atoms with van der Waals surface area (Å²) in [5.74, 6) is 0.120. The van der Waals surface area contributed by atoms with Gasteiger partial charge in [-0.15, -0.1) is 0 Å². The maximum absolute atomic E-state index is 12.5. The average molecular weight is 374 g/mol. The number of carbonyl (C=O) groups is 1. The molecule has 2 rings (SSSR count). The van der Waals surface area contributed by atoms with Gasteiger partial charge in [-0.2, -0.15) is 0 Å². The lowest BCUT2D eigenvalue weighted by Gasteiger charge is -2.38. The van der Waals surface area contributed by atoms with Crippen LogP contribution in [0.2, 0.25) is 0 Å². The lowest BCUT2D eigenvalue weighted by molar-refractivity contribution is 0.0583. The number of phenols is 1. The molecular weight excluding hydrogens is 355 g/mol.